The van der Waals surface area contributed by atoms with Crippen molar-refractivity contribution in [3.8, 4) is 0 Å². The van der Waals surface area contributed by atoms with Crippen LogP contribution in [0.25, 0.3) is 0 Å². The number of nitrogens with zero attached hydrogens (tertiary/aromatic N) is 2. The summed E-state index contributed by atoms with van der Waals surface area (Å²) in [6.07, 6.45) is 1.06. The van der Waals surface area contributed by atoms with E-state index in [0.717, 1.165) is 10.8 Å². The fourth-order valence-corrected chi connectivity index (χ4v) is 6.21. The van der Waals surface area contributed by atoms with Gasteiger partial charge in [-0.2, -0.15) is 0 Å². The standard InChI is InChI=1S/C11H17N3O6S2/c1-11(4-5-21(17,18)7-11)12-22(19,20)8-6-13(2)10(16)14(3)9(8)15/h6,12H,4-5,7H2,1-3H3/t11-/m0/s1. The Morgan fingerprint density at radius 1 is 1.27 bits per heavy atom. The van der Waals surface area contributed by atoms with Crippen LogP contribution in [0.15, 0.2) is 20.7 Å². The van der Waals surface area contributed by atoms with Crippen molar-refractivity contribution in [2.45, 2.75) is 23.8 Å². The van der Waals surface area contributed by atoms with Crippen LogP contribution in [0.1, 0.15) is 13.3 Å². The van der Waals surface area contributed by atoms with Crippen LogP contribution in [0.5, 0.6) is 0 Å². The Balaban J connectivity index is 2.50. The summed E-state index contributed by atoms with van der Waals surface area (Å²) in [4.78, 5) is 23.0. The quantitative estimate of drug-likeness (QED) is 0.668. The molecule has 1 aliphatic heterocycles. The Labute approximate surface area is 127 Å². The third-order valence-corrected chi connectivity index (χ3v) is 7.11. The monoisotopic (exact) mass is 351 g/mol. The second kappa shape index (κ2) is 5.03. The number of hydrogen-bond acceptors (Lipinski definition) is 6. The molecule has 0 unspecified atom stereocenters. The van der Waals surface area contributed by atoms with Crippen LogP contribution in [-0.2, 0) is 34.0 Å². The van der Waals surface area contributed by atoms with Crippen LogP contribution in [-0.4, -0.2) is 43.0 Å². The van der Waals surface area contributed by atoms with E-state index in [4.69, 9.17) is 0 Å². The summed E-state index contributed by atoms with van der Waals surface area (Å²) < 4.78 is 51.8. The highest BCUT2D eigenvalue weighted by Crippen LogP contribution is 2.24. The van der Waals surface area contributed by atoms with Crippen molar-refractivity contribution >= 4 is 19.9 Å². The van der Waals surface area contributed by atoms with Crippen LogP contribution in [0.4, 0.5) is 0 Å². The molecule has 1 saturated heterocycles. The molecule has 0 saturated carbocycles. The molecule has 1 aromatic heterocycles. The van der Waals surface area contributed by atoms with Crippen molar-refractivity contribution in [3.63, 3.8) is 0 Å². The average molecular weight is 351 g/mol. The van der Waals surface area contributed by atoms with E-state index in [-0.39, 0.29) is 17.9 Å². The van der Waals surface area contributed by atoms with E-state index in [1.54, 1.807) is 0 Å². The highest BCUT2D eigenvalue weighted by atomic mass is 32.2. The summed E-state index contributed by atoms with van der Waals surface area (Å²) in [5, 5.41) is 0. The van der Waals surface area contributed by atoms with Gasteiger partial charge in [-0.05, 0) is 13.3 Å². The van der Waals surface area contributed by atoms with Crippen LogP contribution in [0, 0.1) is 0 Å². The largest absolute Gasteiger partial charge is 0.330 e. The Morgan fingerprint density at radius 2 is 1.86 bits per heavy atom. The summed E-state index contributed by atoms with van der Waals surface area (Å²) in [6.45, 7) is 1.47. The zero-order valence-corrected chi connectivity index (χ0v) is 14.0. The lowest BCUT2D eigenvalue weighted by Crippen LogP contribution is -2.49. The molecule has 1 N–H and O–H groups in total. The number of aryl methyl sites for hydroxylation is 1. The molecule has 0 aliphatic carbocycles. The van der Waals surface area contributed by atoms with Crippen molar-refractivity contribution in [1.82, 2.24) is 13.9 Å². The molecule has 124 valence electrons. The van der Waals surface area contributed by atoms with Gasteiger partial charge in [-0.3, -0.25) is 9.36 Å². The van der Waals surface area contributed by atoms with E-state index >= 15 is 0 Å². The van der Waals surface area contributed by atoms with Gasteiger partial charge in [-0.25, -0.2) is 26.4 Å². The van der Waals surface area contributed by atoms with Crippen molar-refractivity contribution < 1.29 is 16.8 Å². The van der Waals surface area contributed by atoms with Gasteiger partial charge < -0.3 is 4.57 Å². The number of sulfonamides is 1. The summed E-state index contributed by atoms with van der Waals surface area (Å²) >= 11 is 0. The summed E-state index contributed by atoms with van der Waals surface area (Å²) in [5.41, 5.74) is -2.78. The molecule has 0 radical (unpaired) electrons. The van der Waals surface area contributed by atoms with Gasteiger partial charge in [0.2, 0.25) is 10.0 Å². The lowest BCUT2D eigenvalue weighted by atomic mass is 10.0. The number of nitrogens with one attached hydrogen (secondary N) is 1. The van der Waals surface area contributed by atoms with Gasteiger partial charge in [-0.1, -0.05) is 0 Å². The fourth-order valence-electron chi connectivity index (χ4n) is 2.43. The second-order valence-electron chi connectivity index (χ2n) is 5.76. The fraction of sp³-hybridized carbons (Fsp3) is 0.636. The molecular weight excluding hydrogens is 334 g/mol. The SMILES string of the molecule is Cn1cc(S(=O)(=O)N[C@@]2(C)CCS(=O)(=O)C2)c(=O)n(C)c1=O. The van der Waals surface area contributed by atoms with E-state index in [2.05, 4.69) is 4.72 Å². The van der Waals surface area contributed by atoms with Gasteiger partial charge in [0.1, 0.15) is 0 Å². The molecule has 2 rings (SSSR count). The van der Waals surface area contributed by atoms with Gasteiger partial charge in [0.25, 0.3) is 5.56 Å². The van der Waals surface area contributed by atoms with Crippen molar-refractivity contribution in [2.75, 3.05) is 11.5 Å². The molecular formula is C11H17N3O6S2. The molecule has 0 aromatic carbocycles. The zero-order valence-electron chi connectivity index (χ0n) is 12.4. The minimum atomic E-state index is -4.25. The number of aromatic nitrogens is 2. The Bertz CT molecular complexity index is 941. The Kier molecular flexibility index (Phi) is 3.86. The van der Waals surface area contributed by atoms with E-state index in [0.29, 0.717) is 4.57 Å². The van der Waals surface area contributed by atoms with E-state index < -0.39 is 41.5 Å². The summed E-state index contributed by atoms with van der Waals surface area (Å²) in [6, 6.07) is 0. The Morgan fingerprint density at radius 3 is 2.36 bits per heavy atom. The first-order valence-corrected chi connectivity index (χ1v) is 9.68. The minimum absolute atomic E-state index is 0.114. The summed E-state index contributed by atoms with van der Waals surface area (Å²) in [7, 11) is -5.07. The van der Waals surface area contributed by atoms with Crippen LogP contribution in [0.3, 0.4) is 0 Å². The molecule has 11 heteroatoms. The van der Waals surface area contributed by atoms with Gasteiger partial charge in [-0.15, -0.1) is 0 Å². The van der Waals surface area contributed by atoms with Crippen LogP contribution >= 0.6 is 0 Å². The first kappa shape index (κ1) is 16.9. The lowest BCUT2D eigenvalue weighted by molar-refractivity contribution is 0.460. The predicted molar refractivity (Wildman–Crippen MR) is 78.9 cm³/mol. The van der Waals surface area contributed by atoms with Crippen LogP contribution < -0.4 is 16.0 Å². The third-order valence-electron chi connectivity index (χ3n) is 3.59. The van der Waals surface area contributed by atoms with Gasteiger partial charge >= 0.3 is 5.69 Å². The smallest absolute Gasteiger partial charge is 0.302 e. The summed E-state index contributed by atoms with van der Waals surface area (Å²) in [5.74, 6) is -0.442. The van der Waals surface area contributed by atoms with Crippen molar-refractivity contribution in [3.05, 3.63) is 27.0 Å². The maximum Gasteiger partial charge on any atom is 0.330 e. The molecule has 1 aliphatic rings. The molecule has 1 atom stereocenters. The molecule has 22 heavy (non-hydrogen) atoms. The van der Waals surface area contributed by atoms with E-state index in [1.165, 1.54) is 21.0 Å². The Hall–Kier alpha value is -1.46. The predicted octanol–water partition coefficient (Wildman–Crippen LogP) is -2.06. The molecule has 0 spiro atoms. The van der Waals surface area contributed by atoms with Crippen molar-refractivity contribution in [1.29, 1.82) is 0 Å². The highest BCUT2D eigenvalue weighted by Gasteiger charge is 2.42. The first-order chi connectivity index (χ1) is 9.87. The highest BCUT2D eigenvalue weighted by molar-refractivity contribution is 7.92. The molecule has 1 aromatic rings. The average Bonchev–Trinajstić information content (AvgIpc) is 2.64. The molecule has 9 nitrogen and oxygen atoms in total. The van der Waals surface area contributed by atoms with Gasteiger partial charge in [0.05, 0.1) is 11.5 Å². The van der Waals surface area contributed by atoms with Gasteiger partial charge in [0, 0.05) is 25.8 Å². The van der Waals surface area contributed by atoms with Gasteiger partial charge in [0.15, 0.2) is 14.7 Å². The van der Waals surface area contributed by atoms with E-state index in [9.17, 15) is 26.4 Å². The minimum Gasteiger partial charge on any atom is -0.302 e. The topological polar surface area (TPSA) is 124 Å². The number of hydrogen-bond donors (Lipinski definition) is 1. The zero-order chi connectivity index (χ0) is 16.9. The maximum absolute atomic E-state index is 12.4. The molecule has 0 bridgehead atoms. The molecule has 1 fully saturated rings. The number of rotatable bonds is 3. The third kappa shape index (κ3) is 3.01. The van der Waals surface area contributed by atoms with Crippen LogP contribution in [0.2, 0.25) is 0 Å². The second-order valence-corrected chi connectivity index (χ2v) is 9.59. The maximum atomic E-state index is 12.4. The molecule has 0 amide bonds. The normalized spacial score (nSPS) is 24.5. The lowest BCUT2D eigenvalue weighted by Gasteiger charge is -2.23. The van der Waals surface area contributed by atoms with Crippen molar-refractivity contribution in [2.24, 2.45) is 14.1 Å². The molecule has 2 heterocycles. The van der Waals surface area contributed by atoms with E-state index in [1.807, 2.05) is 0 Å². The first-order valence-electron chi connectivity index (χ1n) is 6.38. The number of sulfone groups is 1.